The molecule has 3 N–H and O–H groups in total. The molecule has 1 fully saturated rings. The molecule has 112 valence electrons. The number of aryl methyl sites for hydroxylation is 2. The van der Waals surface area contributed by atoms with Crippen molar-refractivity contribution in [2.45, 2.75) is 39.2 Å². The largest absolute Gasteiger partial charge is 0.396 e. The molecule has 1 heterocycles. The van der Waals surface area contributed by atoms with Crippen LogP contribution in [0.5, 0.6) is 0 Å². The maximum absolute atomic E-state index is 12.5. The maximum atomic E-state index is 12.5. The molecule has 1 amide bonds. The fraction of sp³-hybridized carbons (Fsp3) is 0.471. The summed E-state index contributed by atoms with van der Waals surface area (Å²) in [4.78, 5) is 15.7. The number of H-pyrrole nitrogens is 1. The zero-order valence-electron chi connectivity index (χ0n) is 12.6. The topological polar surface area (TPSA) is 65.1 Å². The van der Waals surface area contributed by atoms with Crippen LogP contribution in [0.2, 0.25) is 0 Å². The van der Waals surface area contributed by atoms with Crippen LogP contribution in [0, 0.1) is 19.8 Å². The van der Waals surface area contributed by atoms with Crippen molar-refractivity contribution in [3.05, 3.63) is 35.0 Å². The first kappa shape index (κ1) is 14.1. The number of fused-ring (bicyclic) bond motifs is 1. The maximum Gasteiger partial charge on any atom is 0.268 e. The van der Waals surface area contributed by atoms with E-state index in [9.17, 15) is 4.79 Å². The van der Waals surface area contributed by atoms with Gasteiger partial charge >= 0.3 is 0 Å². The molecule has 1 aliphatic rings. The lowest BCUT2D eigenvalue weighted by Gasteiger charge is -2.16. The van der Waals surface area contributed by atoms with Gasteiger partial charge in [-0.2, -0.15) is 0 Å². The van der Waals surface area contributed by atoms with E-state index < -0.39 is 0 Å². The minimum Gasteiger partial charge on any atom is -0.396 e. The third kappa shape index (κ3) is 2.81. The minimum absolute atomic E-state index is 0.0632. The molecule has 3 rings (SSSR count). The van der Waals surface area contributed by atoms with Crippen LogP contribution in [0.25, 0.3) is 10.9 Å². The Bertz CT molecular complexity index is 671. The summed E-state index contributed by atoms with van der Waals surface area (Å²) < 4.78 is 0. The summed E-state index contributed by atoms with van der Waals surface area (Å²) in [6.07, 6.45) is 2.93. The van der Waals surface area contributed by atoms with E-state index in [1.54, 1.807) is 0 Å². The number of aromatic amines is 1. The Morgan fingerprint density at radius 2 is 2.19 bits per heavy atom. The summed E-state index contributed by atoms with van der Waals surface area (Å²) in [5, 5.41) is 13.3. The van der Waals surface area contributed by atoms with E-state index in [2.05, 4.69) is 23.3 Å². The van der Waals surface area contributed by atoms with Gasteiger partial charge in [-0.15, -0.1) is 0 Å². The molecule has 0 radical (unpaired) electrons. The minimum atomic E-state index is -0.0632. The van der Waals surface area contributed by atoms with Gasteiger partial charge in [0.15, 0.2) is 0 Å². The van der Waals surface area contributed by atoms with Crippen molar-refractivity contribution >= 4 is 16.8 Å². The Morgan fingerprint density at radius 1 is 1.43 bits per heavy atom. The van der Waals surface area contributed by atoms with Gasteiger partial charge in [0.2, 0.25) is 0 Å². The quantitative estimate of drug-likeness (QED) is 0.791. The second-order valence-electron chi connectivity index (χ2n) is 6.10. The standard InChI is InChI=1S/C17H22N2O2/c1-10-3-6-15-13(9-10)11(2)16(18-15)17(21)19-14(7-8-20)12-4-5-12/h3,6,9,12,14,18,20H,4-5,7-8H2,1-2H3,(H,19,21). The van der Waals surface area contributed by atoms with Gasteiger partial charge < -0.3 is 15.4 Å². The highest BCUT2D eigenvalue weighted by Gasteiger charge is 2.32. The van der Waals surface area contributed by atoms with Crippen molar-refractivity contribution in [3.8, 4) is 0 Å². The molecule has 1 saturated carbocycles. The Labute approximate surface area is 124 Å². The van der Waals surface area contributed by atoms with E-state index in [1.165, 1.54) is 5.56 Å². The summed E-state index contributed by atoms with van der Waals surface area (Å²) in [5.41, 5.74) is 3.81. The van der Waals surface area contributed by atoms with E-state index in [4.69, 9.17) is 5.11 Å². The van der Waals surface area contributed by atoms with Crippen LogP contribution in [0.4, 0.5) is 0 Å². The number of aromatic nitrogens is 1. The SMILES string of the molecule is Cc1ccc2[nH]c(C(=O)NC(CCO)C3CC3)c(C)c2c1. The van der Waals surface area contributed by atoms with Crippen LogP contribution in [-0.2, 0) is 0 Å². The number of aliphatic hydroxyl groups excluding tert-OH is 1. The molecule has 0 saturated heterocycles. The van der Waals surface area contributed by atoms with Crippen LogP contribution in [-0.4, -0.2) is 28.6 Å². The van der Waals surface area contributed by atoms with Crippen molar-refractivity contribution in [3.63, 3.8) is 0 Å². The van der Waals surface area contributed by atoms with Gasteiger partial charge in [-0.05, 0) is 56.7 Å². The summed E-state index contributed by atoms with van der Waals surface area (Å²) in [6.45, 7) is 4.15. The van der Waals surface area contributed by atoms with Crippen LogP contribution in [0.15, 0.2) is 18.2 Å². The highest BCUT2D eigenvalue weighted by molar-refractivity contribution is 6.01. The zero-order valence-corrected chi connectivity index (χ0v) is 12.6. The van der Waals surface area contributed by atoms with Crippen molar-refractivity contribution in [2.24, 2.45) is 5.92 Å². The number of nitrogens with one attached hydrogen (secondary N) is 2. The van der Waals surface area contributed by atoms with Crippen molar-refractivity contribution in [1.29, 1.82) is 0 Å². The number of amides is 1. The predicted molar refractivity (Wildman–Crippen MR) is 83.5 cm³/mol. The third-order valence-corrected chi connectivity index (χ3v) is 4.39. The molecule has 1 aliphatic carbocycles. The normalized spacial score (nSPS) is 16.1. The average Bonchev–Trinajstić information content (AvgIpc) is 3.24. The molecule has 0 bridgehead atoms. The first-order valence-electron chi connectivity index (χ1n) is 7.61. The Hall–Kier alpha value is -1.81. The van der Waals surface area contributed by atoms with Gasteiger partial charge in [0, 0.05) is 23.6 Å². The first-order valence-corrected chi connectivity index (χ1v) is 7.61. The molecule has 1 unspecified atom stereocenters. The molecule has 1 aromatic carbocycles. The number of carbonyl (C=O) groups excluding carboxylic acids is 1. The van der Waals surface area contributed by atoms with E-state index in [-0.39, 0.29) is 18.6 Å². The third-order valence-electron chi connectivity index (χ3n) is 4.39. The van der Waals surface area contributed by atoms with Crippen molar-refractivity contribution in [1.82, 2.24) is 10.3 Å². The molecule has 0 aliphatic heterocycles. The summed E-state index contributed by atoms with van der Waals surface area (Å²) in [6, 6.07) is 6.25. The van der Waals surface area contributed by atoms with Gasteiger partial charge in [0.05, 0.1) is 0 Å². The molecule has 2 aromatic rings. The van der Waals surface area contributed by atoms with Crippen LogP contribution in [0.1, 0.15) is 40.9 Å². The monoisotopic (exact) mass is 286 g/mol. The van der Waals surface area contributed by atoms with Gasteiger partial charge in [-0.3, -0.25) is 4.79 Å². The van der Waals surface area contributed by atoms with E-state index >= 15 is 0 Å². The summed E-state index contributed by atoms with van der Waals surface area (Å²) in [5.74, 6) is 0.472. The lowest BCUT2D eigenvalue weighted by Crippen LogP contribution is -2.37. The predicted octanol–water partition coefficient (Wildman–Crippen LogP) is 2.68. The van der Waals surface area contributed by atoms with Gasteiger partial charge in [-0.1, -0.05) is 11.6 Å². The highest BCUT2D eigenvalue weighted by atomic mass is 16.3. The van der Waals surface area contributed by atoms with Gasteiger partial charge in [0.1, 0.15) is 5.69 Å². The average molecular weight is 286 g/mol. The number of aliphatic hydroxyl groups is 1. The van der Waals surface area contributed by atoms with Crippen LogP contribution < -0.4 is 5.32 Å². The fourth-order valence-electron chi connectivity index (χ4n) is 2.97. The van der Waals surface area contributed by atoms with Gasteiger partial charge in [-0.25, -0.2) is 0 Å². The Balaban J connectivity index is 1.85. The number of benzene rings is 1. The molecular weight excluding hydrogens is 264 g/mol. The van der Waals surface area contributed by atoms with E-state index in [0.29, 0.717) is 18.0 Å². The lowest BCUT2D eigenvalue weighted by atomic mass is 10.1. The van der Waals surface area contributed by atoms with Gasteiger partial charge in [0.25, 0.3) is 5.91 Å². The van der Waals surface area contributed by atoms with Crippen molar-refractivity contribution < 1.29 is 9.90 Å². The number of hydrogen-bond acceptors (Lipinski definition) is 2. The van der Waals surface area contributed by atoms with E-state index in [1.807, 2.05) is 19.1 Å². The second-order valence-corrected chi connectivity index (χ2v) is 6.10. The highest BCUT2D eigenvalue weighted by Crippen LogP contribution is 2.34. The van der Waals surface area contributed by atoms with Crippen LogP contribution >= 0.6 is 0 Å². The summed E-state index contributed by atoms with van der Waals surface area (Å²) >= 11 is 0. The molecule has 1 atom stereocenters. The molecule has 4 nitrogen and oxygen atoms in total. The Morgan fingerprint density at radius 3 is 2.86 bits per heavy atom. The second kappa shape index (κ2) is 5.53. The lowest BCUT2D eigenvalue weighted by molar-refractivity contribution is 0.0919. The number of rotatable bonds is 5. The smallest absolute Gasteiger partial charge is 0.268 e. The van der Waals surface area contributed by atoms with Crippen LogP contribution in [0.3, 0.4) is 0 Å². The molecular formula is C17H22N2O2. The molecule has 0 spiro atoms. The number of carbonyl (C=O) groups is 1. The van der Waals surface area contributed by atoms with Crippen molar-refractivity contribution in [2.75, 3.05) is 6.61 Å². The molecule has 4 heteroatoms. The summed E-state index contributed by atoms with van der Waals surface area (Å²) in [7, 11) is 0. The zero-order chi connectivity index (χ0) is 15.0. The van der Waals surface area contributed by atoms with E-state index in [0.717, 1.165) is 29.3 Å². The number of hydrogen-bond donors (Lipinski definition) is 3. The molecule has 21 heavy (non-hydrogen) atoms. The Kier molecular flexibility index (Phi) is 3.72. The molecule has 1 aromatic heterocycles. The first-order chi connectivity index (χ1) is 10.1. The fourth-order valence-corrected chi connectivity index (χ4v) is 2.97.